The van der Waals surface area contributed by atoms with Crippen LogP contribution in [0.1, 0.15) is 23.2 Å². The third kappa shape index (κ3) is 4.05. The highest BCUT2D eigenvalue weighted by molar-refractivity contribution is 6.33. The van der Waals surface area contributed by atoms with Gasteiger partial charge in [0.1, 0.15) is 0 Å². The molecule has 1 aliphatic heterocycles. The zero-order valence-electron chi connectivity index (χ0n) is 13.5. The van der Waals surface area contributed by atoms with Crippen molar-refractivity contribution >= 4 is 23.3 Å². The average Bonchev–Trinajstić information content (AvgIpc) is 2.62. The predicted molar refractivity (Wildman–Crippen MR) is 93.0 cm³/mol. The van der Waals surface area contributed by atoms with E-state index in [0.29, 0.717) is 36.3 Å². The zero-order chi connectivity index (χ0) is 17.8. The van der Waals surface area contributed by atoms with Gasteiger partial charge in [-0.1, -0.05) is 11.6 Å². The first-order valence-electron chi connectivity index (χ1n) is 7.98. The molecule has 1 aliphatic rings. The summed E-state index contributed by atoms with van der Waals surface area (Å²) >= 11 is 6.14. The van der Waals surface area contributed by atoms with Crippen LogP contribution in [-0.2, 0) is 4.74 Å². The molecular formula is C17H18ClFN4O2. The number of anilines is 1. The third-order valence-electron chi connectivity index (χ3n) is 4.17. The second-order valence-electron chi connectivity index (χ2n) is 5.87. The lowest BCUT2D eigenvalue weighted by atomic mass is 10.0. The topological polar surface area (TPSA) is 90.1 Å². The monoisotopic (exact) mass is 364 g/mol. The van der Waals surface area contributed by atoms with E-state index in [1.807, 2.05) is 0 Å². The van der Waals surface area contributed by atoms with Crippen LogP contribution in [0.5, 0.6) is 0 Å². The number of carbonyl (C=O) groups excluding carboxylic acids is 1. The van der Waals surface area contributed by atoms with Gasteiger partial charge in [-0.2, -0.15) is 0 Å². The molecule has 0 saturated carbocycles. The Labute approximate surface area is 149 Å². The van der Waals surface area contributed by atoms with Gasteiger partial charge in [-0.25, -0.2) is 9.37 Å². The Kier molecular flexibility index (Phi) is 5.45. The fourth-order valence-corrected chi connectivity index (χ4v) is 2.97. The van der Waals surface area contributed by atoms with Crippen molar-refractivity contribution in [3.63, 3.8) is 0 Å². The lowest BCUT2D eigenvalue weighted by Crippen LogP contribution is -2.23. The van der Waals surface area contributed by atoms with Crippen molar-refractivity contribution in [2.24, 2.45) is 11.7 Å². The maximum absolute atomic E-state index is 14.4. The van der Waals surface area contributed by atoms with Crippen molar-refractivity contribution in [1.82, 2.24) is 9.97 Å². The molecule has 1 saturated heterocycles. The number of carbonyl (C=O) groups is 1. The minimum absolute atomic E-state index is 0.0257. The molecule has 0 atom stereocenters. The Morgan fingerprint density at radius 3 is 2.88 bits per heavy atom. The molecule has 2 aromatic rings. The van der Waals surface area contributed by atoms with Gasteiger partial charge in [0.2, 0.25) is 0 Å². The van der Waals surface area contributed by atoms with Gasteiger partial charge in [-0.3, -0.25) is 9.78 Å². The van der Waals surface area contributed by atoms with E-state index in [1.54, 1.807) is 6.07 Å². The number of halogens is 2. The standard InChI is InChI=1S/C17H18ClFN4O2/c18-13-9-21-4-1-11(13)15-12(16(20)24)7-14(19)17(23-15)22-8-10-2-5-25-6-3-10/h1,4,7,9-10H,2-3,5-6,8H2,(H2,20,24)(H,22,23). The molecule has 0 radical (unpaired) electrons. The van der Waals surface area contributed by atoms with Gasteiger partial charge in [0.25, 0.3) is 5.91 Å². The summed E-state index contributed by atoms with van der Waals surface area (Å²) < 4.78 is 19.7. The maximum atomic E-state index is 14.4. The summed E-state index contributed by atoms with van der Waals surface area (Å²) in [5.74, 6) is -0.946. The molecule has 3 rings (SSSR count). The summed E-state index contributed by atoms with van der Waals surface area (Å²) in [4.78, 5) is 19.9. The molecule has 3 N–H and O–H groups in total. The number of nitrogens with one attached hydrogen (secondary N) is 1. The van der Waals surface area contributed by atoms with Gasteiger partial charge in [-0.15, -0.1) is 0 Å². The first-order valence-corrected chi connectivity index (χ1v) is 8.36. The molecule has 6 nitrogen and oxygen atoms in total. The van der Waals surface area contributed by atoms with Gasteiger partial charge >= 0.3 is 0 Å². The third-order valence-corrected chi connectivity index (χ3v) is 4.47. The Bertz CT molecular complexity index is 781. The van der Waals surface area contributed by atoms with Crippen LogP contribution in [0.4, 0.5) is 10.2 Å². The summed E-state index contributed by atoms with van der Waals surface area (Å²) in [6, 6.07) is 2.70. The Morgan fingerprint density at radius 2 is 2.20 bits per heavy atom. The van der Waals surface area contributed by atoms with Crippen LogP contribution in [0.25, 0.3) is 11.3 Å². The Hall–Kier alpha value is -2.25. The van der Waals surface area contributed by atoms with Gasteiger partial charge in [0, 0.05) is 37.7 Å². The number of amides is 1. The number of ether oxygens (including phenoxy) is 1. The second kappa shape index (κ2) is 7.76. The lowest BCUT2D eigenvalue weighted by Gasteiger charge is -2.22. The predicted octanol–water partition coefficient (Wildman–Crippen LogP) is 2.87. The SMILES string of the molecule is NC(=O)c1cc(F)c(NCC2CCOCC2)nc1-c1ccncc1Cl. The minimum Gasteiger partial charge on any atom is -0.381 e. The van der Waals surface area contributed by atoms with Gasteiger partial charge in [0.05, 0.1) is 16.3 Å². The number of nitrogens with two attached hydrogens (primary N) is 1. The van der Waals surface area contributed by atoms with E-state index in [4.69, 9.17) is 22.1 Å². The molecule has 1 fully saturated rings. The summed E-state index contributed by atoms with van der Waals surface area (Å²) in [7, 11) is 0. The summed E-state index contributed by atoms with van der Waals surface area (Å²) in [6.45, 7) is 1.99. The van der Waals surface area contributed by atoms with Crippen molar-refractivity contribution in [3.05, 3.63) is 40.9 Å². The normalized spacial score (nSPS) is 15.1. The van der Waals surface area contributed by atoms with Gasteiger partial charge < -0.3 is 15.8 Å². The summed E-state index contributed by atoms with van der Waals surface area (Å²) in [5.41, 5.74) is 6.05. The van der Waals surface area contributed by atoms with Gasteiger partial charge in [0.15, 0.2) is 11.6 Å². The van der Waals surface area contributed by atoms with Gasteiger partial charge in [-0.05, 0) is 30.9 Å². The maximum Gasteiger partial charge on any atom is 0.251 e. The number of hydrogen-bond donors (Lipinski definition) is 2. The van der Waals surface area contributed by atoms with E-state index in [9.17, 15) is 9.18 Å². The molecule has 1 amide bonds. The van der Waals surface area contributed by atoms with E-state index in [1.165, 1.54) is 12.4 Å². The molecule has 2 aromatic heterocycles. The summed E-state index contributed by atoms with van der Waals surface area (Å²) in [6.07, 6.45) is 4.78. The highest BCUT2D eigenvalue weighted by Gasteiger charge is 2.20. The quantitative estimate of drug-likeness (QED) is 0.851. The molecule has 0 aromatic carbocycles. The fraction of sp³-hybridized carbons (Fsp3) is 0.353. The number of hydrogen-bond acceptors (Lipinski definition) is 5. The Morgan fingerprint density at radius 1 is 1.44 bits per heavy atom. The first-order chi connectivity index (χ1) is 12.1. The van der Waals surface area contributed by atoms with E-state index >= 15 is 0 Å². The van der Waals surface area contributed by atoms with E-state index in [0.717, 1.165) is 18.9 Å². The second-order valence-corrected chi connectivity index (χ2v) is 6.28. The van der Waals surface area contributed by atoms with Crippen LogP contribution in [0.2, 0.25) is 5.02 Å². The number of rotatable bonds is 5. The van der Waals surface area contributed by atoms with Crippen LogP contribution in [-0.4, -0.2) is 35.6 Å². The van der Waals surface area contributed by atoms with Crippen LogP contribution < -0.4 is 11.1 Å². The van der Waals surface area contributed by atoms with E-state index < -0.39 is 11.7 Å². The smallest absolute Gasteiger partial charge is 0.251 e. The molecule has 25 heavy (non-hydrogen) atoms. The van der Waals surface area contributed by atoms with Crippen LogP contribution in [0, 0.1) is 11.7 Å². The molecule has 0 bridgehead atoms. The van der Waals surface area contributed by atoms with Crippen molar-refractivity contribution < 1.29 is 13.9 Å². The van der Waals surface area contributed by atoms with Crippen LogP contribution >= 0.6 is 11.6 Å². The van der Waals surface area contributed by atoms with Crippen molar-refractivity contribution in [1.29, 1.82) is 0 Å². The van der Waals surface area contributed by atoms with E-state index in [2.05, 4.69) is 15.3 Å². The minimum atomic E-state index is -0.773. The van der Waals surface area contributed by atoms with Crippen LogP contribution in [0.15, 0.2) is 24.5 Å². The van der Waals surface area contributed by atoms with Crippen molar-refractivity contribution in [2.75, 3.05) is 25.1 Å². The fourth-order valence-electron chi connectivity index (χ4n) is 2.76. The number of primary amides is 1. The molecule has 132 valence electrons. The number of aromatic nitrogens is 2. The molecule has 8 heteroatoms. The number of nitrogens with zero attached hydrogens (tertiary/aromatic N) is 2. The highest BCUT2D eigenvalue weighted by Crippen LogP contribution is 2.30. The number of pyridine rings is 2. The van der Waals surface area contributed by atoms with Crippen LogP contribution in [0.3, 0.4) is 0 Å². The molecule has 0 spiro atoms. The van der Waals surface area contributed by atoms with E-state index in [-0.39, 0.29) is 17.1 Å². The summed E-state index contributed by atoms with van der Waals surface area (Å²) in [5, 5.41) is 3.33. The van der Waals surface area contributed by atoms with Crippen molar-refractivity contribution in [2.45, 2.75) is 12.8 Å². The molecule has 3 heterocycles. The molecule has 0 unspecified atom stereocenters. The first kappa shape index (κ1) is 17.6. The average molecular weight is 365 g/mol. The highest BCUT2D eigenvalue weighted by atomic mass is 35.5. The van der Waals surface area contributed by atoms with Crippen molar-refractivity contribution in [3.8, 4) is 11.3 Å². The Balaban J connectivity index is 1.93. The lowest BCUT2D eigenvalue weighted by molar-refractivity contribution is 0.0699. The molecule has 0 aliphatic carbocycles. The molecular weight excluding hydrogens is 347 g/mol. The zero-order valence-corrected chi connectivity index (χ0v) is 14.2. The largest absolute Gasteiger partial charge is 0.381 e.